The van der Waals surface area contributed by atoms with E-state index in [1.54, 1.807) is 28.4 Å². The number of amides is 1. The molecule has 28 heavy (non-hydrogen) atoms. The van der Waals surface area contributed by atoms with Crippen LogP contribution in [-0.2, 0) is 4.79 Å². The van der Waals surface area contributed by atoms with Crippen molar-refractivity contribution in [2.24, 2.45) is 0 Å². The summed E-state index contributed by atoms with van der Waals surface area (Å²) in [7, 11) is 0. The molecule has 0 saturated carbocycles. The maximum absolute atomic E-state index is 13.0. The third kappa shape index (κ3) is 2.66. The largest absolute Gasteiger partial charge is 0.307 e. The van der Waals surface area contributed by atoms with Gasteiger partial charge in [-0.1, -0.05) is 18.2 Å². The van der Waals surface area contributed by atoms with Gasteiger partial charge in [-0.2, -0.15) is 10.4 Å². The van der Waals surface area contributed by atoms with Gasteiger partial charge in [0, 0.05) is 55.1 Å². The molecule has 0 aliphatic carbocycles. The summed E-state index contributed by atoms with van der Waals surface area (Å²) < 4.78 is 0. The number of hydrogen-bond acceptors (Lipinski definition) is 7. The third-order valence-electron chi connectivity index (χ3n) is 5.46. The van der Waals surface area contributed by atoms with Crippen LogP contribution in [0.15, 0.2) is 36.8 Å². The van der Waals surface area contributed by atoms with Crippen LogP contribution < -0.4 is 4.90 Å². The molecule has 1 amide bonds. The molecule has 0 radical (unpaired) electrons. The molecule has 3 aromatic rings. The standard InChI is InChI=1S/C19H18N8O/c20-12-25-4-5-26-6-7-27(18(28)16(26)11-25)19-21-8-14(9-22-19)15-3-1-2-13-10-23-24-17(13)15/h1-3,8-10,16H,4-7,11H2,(H,23,24)/t16-/m1/s1. The minimum absolute atomic E-state index is 0.0466. The molecule has 0 bridgehead atoms. The van der Waals surface area contributed by atoms with Crippen molar-refractivity contribution < 1.29 is 4.79 Å². The molecule has 2 fully saturated rings. The molecular formula is C19H18N8O. The Labute approximate surface area is 161 Å². The maximum atomic E-state index is 13.0. The SMILES string of the molecule is N#CN1CCN2CCN(c3ncc(-c4cccc5cn[nH]c45)cn3)C(=O)[C@H]2C1. The lowest BCUT2D eigenvalue weighted by Crippen LogP contribution is -2.64. The summed E-state index contributed by atoms with van der Waals surface area (Å²) in [6.45, 7) is 3.13. The molecule has 2 aromatic heterocycles. The first-order valence-corrected chi connectivity index (χ1v) is 9.19. The summed E-state index contributed by atoms with van der Waals surface area (Å²) in [5.74, 6) is 0.355. The number of piperazine rings is 2. The Morgan fingerprint density at radius 1 is 1.11 bits per heavy atom. The molecule has 2 aliphatic rings. The van der Waals surface area contributed by atoms with E-state index in [4.69, 9.17) is 5.26 Å². The van der Waals surface area contributed by atoms with Crippen molar-refractivity contribution in [1.82, 2.24) is 30.0 Å². The monoisotopic (exact) mass is 374 g/mol. The fourth-order valence-corrected chi connectivity index (χ4v) is 3.94. The average Bonchev–Trinajstić information content (AvgIpc) is 3.23. The molecule has 1 atom stereocenters. The number of rotatable bonds is 2. The number of fused-ring (bicyclic) bond motifs is 2. The number of nitriles is 1. The number of aromatic amines is 1. The Kier molecular flexibility index (Phi) is 3.91. The van der Waals surface area contributed by atoms with E-state index in [0.29, 0.717) is 25.6 Å². The van der Waals surface area contributed by atoms with Crippen molar-refractivity contribution in [2.45, 2.75) is 6.04 Å². The van der Waals surface area contributed by atoms with Gasteiger partial charge >= 0.3 is 0 Å². The minimum atomic E-state index is -0.316. The number of aromatic nitrogens is 4. The van der Waals surface area contributed by atoms with Gasteiger partial charge in [0.25, 0.3) is 0 Å². The van der Waals surface area contributed by atoms with Crippen LogP contribution in [0.1, 0.15) is 0 Å². The molecule has 1 N–H and O–H groups in total. The average molecular weight is 374 g/mol. The molecule has 9 nitrogen and oxygen atoms in total. The van der Waals surface area contributed by atoms with E-state index in [2.05, 4.69) is 31.3 Å². The van der Waals surface area contributed by atoms with Crippen LogP contribution in [0, 0.1) is 11.5 Å². The number of hydrogen-bond donors (Lipinski definition) is 1. The zero-order valence-corrected chi connectivity index (χ0v) is 15.1. The number of nitrogens with one attached hydrogen (secondary N) is 1. The molecule has 2 saturated heterocycles. The van der Waals surface area contributed by atoms with Gasteiger partial charge in [0.05, 0.1) is 18.3 Å². The van der Waals surface area contributed by atoms with Gasteiger partial charge in [-0.3, -0.25) is 19.7 Å². The molecule has 0 spiro atoms. The molecule has 5 rings (SSSR count). The van der Waals surface area contributed by atoms with Crippen LogP contribution in [0.25, 0.3) is 22.0 Å². The Morgan fingerprint density at radius 2 is 1.93 bits per heavy atom. The second-order valence-electron chi connectivity index (χ2n) is 7.00. The number of H-pyrrole nitrogens is 1. The molecular weight excluding hydrogens is 356 g/mol. The van der Waals surface area contributed by atoms with Gasteiger partial charge in [0.2, 0.25) is 11.9 Å². The lowest BCUT2D eigenvalue weighted by molar-refractivity contribution is -0.128. The second kappa shape index (κ2) is 6.58. The van der Waals surface area contributed by atoms with Crippen LogP contribution in [0.2, 0.25) is 0 Å². The molecule has 4 heterocycles. The van der Waals surface area contributed by atoms with Gasteiger partial charge in [0.15, 0.2) is 6.19 Å². The molecule has 9 heteroatoms. The highest BCUT2D eigenvalue weighted by Gasteiger charge is 2.39. The molecule has 140 valence electrons. The predicted molar refractivity (Wildman–Crippen MR) is 102 cm³/mol. The zero-order chi connectivity index (χ0) is 19.1. The predicted octanol–water partition coefficient (Wildman–Crippen LogP) is 0.834. The van der Waals surface area contributed by atoms with E-state index < -0.39 is 0 Å². The van der Waals surface area contributed by atoms with Gasteiger partial charge in [-0.05, 0) is 0 Å². The van der Waals surface area contributed by atoms with Gasteiger partial charge in [-0.25, -0.2) is 9.97 Å². The summed E-state index contributed by atoms with van der Waals surface area (Å²) in [5.41, 5.74) is 2.76. The molecule has 1 aromatic carbocycles. The second-order valence-corrected chi connectivity index (χ2v) is 7.00. The van der Waals surface area contributed by atoms with E-state index in [9.17, 15) is 4.79 Å². The van der Waals surface area contributed by atoms with Crippen molar-refractivity contribution in [2.75, 3.05) is 37.6 Å². The highest BCUT2D eigenvalue weighted by molar-refractivity contribution is 5.97. The number of carbonyl (C=O) groups excluding carboxylic acids is 1. The zero-order valence-electron chi connectivity index (χ0n) is 15.1. The minimum Gasteiger partial charge on any atom is -0.307 e. The Bertz CT molecular complexity index is 1070. The van der Waals surface area contributed by atoms with Crippen LogP contribution in [0.3, 0.4) is 0 Å². The maximum Gasteiger partial charge on any atom is 0.248 e. The highest BCUT2D eigenvalue weighted by Crippen LogP contribution is 2.27. The number of nitrogens with zero attached hydrogens (tertiary/aromatic N) is 7. The Hall–Kier alpha value is -3.51. The van der Waals surface area contributed by atoms with E-state index in [0.717, 1.165) is 35.1 Å². The van der Waals surface area contributed by atoms with Crippen LogP contribution in [-0.4, -0.2) is 74.6 Å². The fraction of sp³-hybridized carbons (Fsp3) is 0.316. The summed E-state index contributed by atoms with van der Waals surface area (Å²) in [6.07, 6.45) is 7.40. The van der Waals surface area contributed by atoms with Crippen LogP contribution in [0.5, 0.6) is 0 Å². The van der Waals surface area contributed by atoms with Crippen molar-refractivity contribution in [3.8, 4) is 17.3 Å². The van der Waals surface area contributed by atoms with E-state index >= 15 is 0 Å². The summed E-state index contributed by atoms with van der Waals surface area (Å²) in [4.78, 5) is 27.3. The first-order valence-electron chi connectivity index (χ1n) is 9.19. The van der Waals surface area contributed by atoms with Crippen molar-refractivity contribution in [1.29, 1.82) is 5.26 Å². The number of anilines is 1. The lowest BCUT2D eigenvalue weighted by atomic mass is 10.1. The Morgan fingerprint density at radius 3 is 2.75 bits per heavy atom. The highest BCUT2D eigenvalue weighted by atomic mass is 16.2. The van der Waals surface area contributed by atoms with Crippen molar-refractivity contribution >= 4 is 22.8 Å². The van der Waals surface area contributed by atoms with Crippen LogP contribution in [0.4, 0.5) is 5.95 Å². The lowest BCUT2D eigenvalue weighted by Gasteiger charge is -2.44. The van der Waals surface area contributed by atoms with Crippen LogP contribution >= 0.6 is 0 Å². The summed E-state index contributed by atoms with van der Waals surface area (Å²) in [6, 6.07) is 5.63. The van der Waals surface area contributed by atoms with E-state index in [-0.39, 0.29) is 11.9 Å². The normalized spacial score (nSPS) is 20.2. The first kappa shape index (κ1) is 16.6. The third-order valence-corrected chi connectivity index (χ3v) is 5.46. The first-order chi connectivity index (χ1) is 13.7. The topological polar surface area (TPSA) is 105 Å². The smallest absolute Gasteiger partial charge is 0.248 e. The molecule has 2 aliphatic heterocycles. The van der Waals surface area contributed by atoms with Crippen molar-refractivity contribution in [3.63, 3.8) is 0 Å². The summed E-state index contributed by atoms with van der Waals surface area (Å²) in [5, 5.41) is 17.3. The van der Waals surface area contributed by atoms with Gasteiger partial charge < -0.3 is 4.90 Å². The number of carbonyl (C=O) groups is 1. The molecule has 0 unspecified atom stereocenters. The van der Waals surface area contributed by atoms with E-state index in [1.165, 1.54) is 0 Å². The van der Waals surface area contributed by atoms with Gasteiger partial charge in [-0.15, -0.1) is 0 Å². The quantitative estimate of drug-likeness (QED) is 0.663. The summed E-state index contributed by atoms with van der Waals surface area (Å²) >= 11 is 0. The number of para-hydroxylation sites is 1. The van der Waals surface area contributed by atoms with E-state index in [1.807, 2.05) is 18.2 Å². The van der Waals surface area contributed by atoms with Crippen molar-refractivity contribution in [3.05, 3.63) is 36.8 Å². The fourth-order valence-electron chi connectivity index (χ4n) is 3.94. The number of benzene rings is 1. The van der Waals surface area contributed by atoms with Gasteiger partial charge in [0.1, 0.15) is 6.04 Å². The Balaban J connectivity index is 1.41.